The highest BCUT2D eigenvalue weighted by atomic mass is 16.6. The molecular formula is C29H27NO5. The van der Waals surface area contributed by atoms with Gasteiger partial charge in [-0.05, 0) is 22.8 Å². The molecule has 35 heavy (non-hydrogen) atoms. The zero-order valence-electron chi connectivity index (χ0n) is 19.6. The quantitative estimate of drug-likeness (QED) is 0.351. The molecule has 6 heteroatoms. The van der Waals surface area contributed by atoms with Crippen molar-refractivity contribution >= 4 is 0 Å². The largest absolute Gasteiger partial charge is 0.496 e. The minimum absolute atomic E-state index is 0.331. The minimum atomic E-state index is -0.925. The van der Waals surface area contributed by atoms with Crippen LogP contribution < -0.4 is 4.74 Å². The lowest BCUT2D eigenvalue weighted by Crippen LogP contribution is -2.44. The molecule has 4 aromatic rings. The maximum absolute atomic E-state index is 6.84. The molecule has 0 N–H and O–H groups in total. The summed E-state index contributed by atoms with van der Waals surface area (Å²) in [5.41, 5.74) is 4.71. The molecule has 2 aliphatic rings. The maximum atomic E-state index is 6.84. The second-order valence-corrected chi connectivity index (χ2v) is 8.90. The molecule has 6 nitrogen and oxygen atoms in total. The van der Waals surface area contributed by atoms with E-state index in [0.29, 0.717) is 32.8 Å². The lowest BCUT2D eigenvalue weighted by atomic mass is 9.75. The Hall–Kier alpha value is -3.45. The Morgan fingerprint density at radius 3 is 2.40 bits per heavy atom. The molecular weight excluding hydrogens is 442 g/mol. The molecule has 0 saturated heterocycles. The van der Waals surface area contributed by atoms with E-state index in [4.69, 9.17) is 23.5 Å². The summed E-state index contributed by atoms with van der Waals surface area (Å²) in [4.78, 5) is 0. The summed E-state index contributed by atoms with van der Waals surface area (Å²) >= 11 is 0. The molecule has 178 valence electrons. The van der Waals surface area contributed by atoms with Crippen LogP contribution in [0.15, 0.2) is 83.4 Å². The van der Waals surface area contributed by atoms with Crippen molar-refractivity contribution in [1.82, 2.24) is 5.16 Å². The number of hydrogen-bond acceptors (Lipinski definition) is 6. The SMILES string of the molecule is COc1cccc2c1-c1noc3c1[C@@](OCc1ccccc1)(COCC3)[C@@H]2OCc1ccccc1. The van der Waals surface area contributed by atoms with Gasteiger partial charge in [-0.25, -0.2) is 0 Å². The zero-order valence-corrected chi connectivity index (χ0v) is 19.6. The van der Waals surface area contributed by atoms with Gasteiger partial charge in [0.1, 0.15) is 23.3 Å². The first-order valence-electron chi connectivity index (χ1n) is 11.9. The first-order valence-corrected chi connectivity index (χ1v) is 11.9. The third kappa shape index (κ3) is 3.84. The summed E-state index contributed by atoms with van der Waals surface area (Å²) < 4.78 is 31.4. The van der Waals surface area contributed by atoms with Gasteiger partial charge in [-0.15, -0.1) is 0 Å². The third-order valence-electron chi connectivity index (χ3n) is 6.80. The molecule has 1 aliphatic carbocycles. The lowest BCUT2D eigenvalue weighted by Gasteiger charge is -2.43. The molecule has 0 saturated carbocycles. The lowest BCUT2D eigenvalue weighted by molar-refractivity contribution is -0.194. The number of methoxy groups -OCH3 is 1. The Morgan fingerprint density at radius 1 is 0.914 bits per heavy atom. The van der Waals surface area contributed by atoms with E-state index in [1.54, 1.807) is 7.11 Å². The van der Waals surface area contributed by atoms with Gasteiger partial charge in [-0.3, -0.25) is 0 Å². The predicted octanol–water partition coefficient (Wildman–Crippen LogP) is 5.61. The standard InChI is InChI=1S/C29H27NO5/c1-31-23-14-8-13-22-25(23)27-26-24(35-30-27)15-16-32-19-29(26,34-18-21-11-6-3-7-12-21)28(22)33-17-20-9-4-2-5-10-20/h2-14,28H,15-19H2,1H3/t28-,29+/m1/s1. The van der Waals surface area contributed by atoms with Crippen molar-refractivity contribution < 1.29 is 23.5 Å². The molecule has 1 aromatic heterocycles. The van der Waals surface area contributed by atoms with Crippen molar-refractivity contribution in [1.29, 1.82) is 0 Å². The van der Waals surface area contributed by atoms with Crippen LogP contribution in [0.25, 0.3) is 11.3 Å². The summed E-state index contributed by atoms with van der Waals surface area (Å²) in [6.45, 7) is 1.68. The van der Waals surface area contributed by atoms with Gasteiger partial charge in [0.25, 0.3) is 0 Å². The molecule has 3 aromatic carbocycles. The normalized spacial score (nSPS) is 20.5. The molecule has 1 aliphatic heterocycles. The monoisotopic (exact) mass is 469 g/mol. The summed E-state index contributed by atoms with van der Waals surface area (Å²) in [5.74, 6) is 1.50. The summed E-state index contributed by atoms with van der Waals surface area (Å²) in [5, 5.41) is 4.52. The molecule has 0 unspecified atom stereocenters. The van der Waals surface area contributed by atoms with Gasteiger partial charge < -0.3 is 23.5 Å². The van der Waals surface area contributed by atoms with Crippen LogP contribution in [0.1, 0.15) is 34.1 Å². The Balaban J connectivity index is 1.50. The van der Waals surface area contributed by atoms with Crippen LogP contribution in [-0.4, -0.2) is 25.5 Å². The fourth-order valence-electron chi connectivity index (χ4n) is 5.16. The average molecular weight is 470 g/mol. The summed E-state index contributed by atoms with van der Waals surface area (Å²) in [6.07, 6.45) is 0.162. The van der Waals surface area contributed by atoms with Crippen molar-refractivity contribution in [2.24, 2.45) is 0 Å². The smallest absolute Gasteiger partial charge is 0.153 e. The highest BCUT2D eigenvalue weighted by molar-refractivity contribution is 5.78. The van der Waals surface area contributed by atoms with Crippen molar-refractivity contribution in [3.05, 3.63) is 107 Å². The van der Waals surface area contributed by atoms with Crippen molar-refractivity contribution in [3.8, 4) is 17.0 Å². The number of nitrogens with zero attached hydrogens (tertiary/aromatic N) is 1. The Kier molecular flexibility index (Phi) is 5.86. The molecule has 0 fully saturated rings. The van der Waals surface area contributed by atoms with Gasteiger partial charge in [-0.2, -0.15) is 0 Å². The molecule has 0 bridgehead atoms. The minimum Gasteiger partial charge on any atom is -0.496 e. The van der Waals surface area contributed by atoms with E-state index in [2.05, 4.69) is 35.5 Å². The Labute approximate surface area is 204 Å². The van der Waals surface area contributed by atoms with Crippen molar-refractivity contribution in [3.63, 3.8) is 0 Å². The van der Waals surface area contributed by atoms with E-state index >= 15 is 0 Å². The molecule has 0 spiro atoms. The Morgan fingerprint density at radius 2 is 1.66 bits per heavy atom. The molecule has 2 atom stereocenters. The van der Waals surface area contributed by atoms with E-state index in [1.165, 1.54) is 0 Å². The van der Waals surface area contributed by atoms with Gasteiger partial charge in [0, 0.05) is 6.42 Å². The van der Waals surface area contributed by atoms with Crippen LogP contribution >= 0.6 is 0 Å². The summed E-state index contributed by atoms with van der Waals surface area (Å²) in [6, 6.07) is 26.3. The van der Waals surface area contributed by atoms with E-state index < -0.39 is 11.7 Å². The highest BCUT2D eigenvalue weighted by Crippen LogP contribution is 2.56. The van der Waals surface area contributed by atoms with Gasteiger partial charge in [-0.1, -0.05) is 78.0 Å². The van der Waals surface area contributed by atoms with Crippen LogP contribution in [0.3, 0.4) is 0 Å². The first kappa shape index (κ1) is 22.0. The zero-order chi connectivity index (χ0) is 23.7. The van der Waals surface area contributed by atoms with Gasteiger partial charge >= 0.3 is 0 Å². The number of ether oxygens (including phenoxy) is 4. The molecule has 6 rings (SSSR count). The van der Waals surface area contributed by atoms with Crippen LogP contribution in [0.4, 0.5) is 0 Å². The van der Waals surface area contributed by atoms with Crippen LogP contribution in [0.5, 0.6) is 5.75 Å². The van der Waals surface area contributed by atoms with Gasteiger partial charge in [0.05, 0.1) is 44.7 Å². The predicted molar refractivity (Wildman–Crippen MR) is 130 cm³/mol. The second-order valence-electron chi connectivity index (χ2n) is 8.90. The highest BCUT2D eigenvalue weighted by Gasteiger charge is 2.54. The Bertz CT molecular complexity index is 1300. The van der Waals surface area contributed by atoms with E-state index in [0.717, 1.165) is 45.0 Å². The summed E-state index contributed by atoms with van der Waals surface area (Å²) in [7, 11) is 1.67. The van der Waals surface area contributed by atoms with Crippen molar-refractivity contribution in [2.75, 3.05) is 20.3 Å². The number of fused-ring (bicyclic) bond motifs is 2. The fraction of sp³-hybridized carbons (Fsp3) is 0.276. The fourth-order valence-corrected chi connectivity index (χ4v) is 5.16. The van der Waals surface area contributed by atoms with E-state index in [9.17, 15) is 0 Å². The number of hydrogen-bond donors (Lipinski definition) is 0. The molecule has 0 radical (unpaired) electrons. The number of benzene rings is 3. The number of rotatable bonds is 7. The van der Waals surface area contributed by atoms with Gasteiger partial charge in [0.15, 0.2) is 5.60 Å². The average Bonchev–Trinajstić information content (AvgIpc) is 3.25. The molecule has 2 heterocycles. The van der Waals surface area contributed by atoms with E-state index in [1.807, 2.05) is 48.5 Å². The van der Waals surface area contributed by atoms with Crippen LogP contribution in [-0.2, 0) is 39.4 Å². The van der Waals surface area contributed by atoms with E-state index in [-0.39, 0.29) is 0 Å². The third-order valence-corrected chi connectivity index (χ3v) is 6.80. The van der Waals surface area contributed by atoms with Crippen molar-refractivity contribution in [2.45, 2.75) is 31.3 Å². The molecule has 0 amide bonds. The maximum Gasteiger partial charge on any atom is 0.153 e. The first-order chi connectivity index (χ1) is 17.3. The topological polar surface area (TPSA) is 63.0 Å². The number of aromatic nitrogens is 1. The van der Waals surface area contributed by atoms with Crippen LogP contribution in [0.2, 0.25) is 0 Å². The van der Waals surface area contributed by atoms with Crippen LogP contribution in [0, 0.1) is 0 Å². The van der Waals surface area contributed by atoms with Gasteiger partial charge in [0.2, 0.25) is 0 Å². The second kappa shape index (κ2) is 9.30.